The van der Waals surface area contributed by atoms with Crippen molar-refractivity contribution in [3.63, 3.8) is 0 Å². The molecule has 2 N–H and O–H groups in total. The van der Waals surface area contributed by atoms with E-state index in [-0.39, 0.29) is 0 Å². The lowest BCUT2D eigenvalue weighted by Gasteiger charge is -2.19. The van der Waals surface area contributed by atoms with Crippen LogP contribution in [0.25, 0.3) is 21.9 Å². The van der Waals surface area contributed by atoms with E-state index >= 15 is 0 Å². The molecule has 1 amide bonds. The second-order valence-electron chi connectivity index (χ2n) is 7.83. The molecule has 6 nitrogen and oxygen atoms in total. The molecule has 0 spiro atoms. The zero-order valence-corrected chi connectivity index (χ0v) is 16.7. The first-order chi connectivity index (χ1) is 13.9. The Hall–Kier alpha value is -3.54. The summed E-state index contributed by atoms with van der Waals surface area (Å²) in [4.78, 5) is 19.9. The van der Waals surface area contributed by atoms with Crippen LogP contribution in [0.3, 0.4) is 0 Å². The number of pyridine rings is 1. The highest BCUT2D eigenvalue weighted by molar-refractivity contribution is 6.07. The number of nitrogens with zero attached hydrogens (tertiary/aromatic N) is 1. The number of H-pyrrole nitrogens is 1. The van der Waals surface area contributed by atoms with Crippen LogP contribution in [0.5, 0.6) is 5.88 Å². The normalized spacial score (nSPS) is 11.6. The molecule has 29 heavy (non-hydrogen) atoms. The molecule has 0 aliphatic rings. The molecule has 0 aliphatic heterocycles. The van der Waals surface area contributed by atoms with Gasteiger partial charge < -0.3 is 14.5 Å². The predicted molar refractivity (Wildman–Crippen MR) is 114 cm³/mol. The Morgan fingerprint density at radius 3 is 2.55 bits per heavy atom. The van der Waals surface area contributed by atoms with Gasteiger partial charge in [-0.2, -0.15) is 4.98 Å². The van der Waals surface area contributed by atoms with Gasteiger partial charge in [0, 0.05) is 28.0 Å². The molecule has 0 atom stereocenters. The molecule has 0 unspecified atom stereocenters. The molecule has 148 valence electrons. The fourth-order valence-electron chi connectivity index (χ4n) is 3.08. The molecule has 4 rings (SSSR count). The molecule has 6 heteroatoms. The standard InChI is InChI=1S/C23H23N3O3/c1-23(2,3)29-22(27)24-16-9-10-17-18-11-12-20(26-21(18)25-19(17)13-16)28-14-15-7-5-4-6-8-15/h4-13H,14H2,1-3H3,(H,24,27)(H,25,26). The second kappa shape index (κ2) is 7.47. The first-order valence-corrected chi connectivity index (χ1v) is 9.47. The van der Waals surface area contributed by atoms with Gasteiger partial charge in [-0.15, -0.1) is 0 Å². The lowest BCUT2D eigenvalue weighted by Crippen LogP contribution is -2.27. The van der Waals surface area contributed by atoms with E-state index in [0.29, 0.717) is 18.2 Å². The number of benzene rings is 2. The van der Waals surface area contributed by atoms with Crippen LogP contribution in [0.2, 0.25) is 0 Å². The maximum atomic E-state index is 12.0. The lowest BCUT2D eigenvalue weighted by atomic mass is 10.2. The van der Waals surface area contributed by atoms with Crippen molar-refractivity contribution >= 4 is 33.7 Å². The Kier molecular flexibility index (Phi) is 4.84. The molecule has 0 saturated heterocycles. The van der Waals surface area contributed by atoms with Crippen molar-refractivity contribution in [1.82, 2.24) is 9.97 Å². The summed E-state index contributed by atoms with van der Waals surface area (Å²) < 4.78 is 11.1. The summed E-state index contributed by atoms with van der Waals surface area (Å²) in [6.07, 6.45) is -0.484. The van der Waals surface area contributed by atoms with E-state index in [1.165, 1.54) is 0 Å². The molecular weight excluding hydrogens is 366 g/mol. The van der Waals surface area contributed by atoms with Gasteiger partial charge in [0.15, 0.2) is 0 Å². The van der Waals surface area contributed by atoms with Gasteiger partial charge in [-0.3, -0.25) is 5.32 Å². The third-order valence-electron chi connectivity index (χ3n) is 4.31. The van der Waals surface area contributed by atoms with Gasteiger partial charge in [-0.1, -0.05) is 36.4 Å². The van der Waals surface area contributed by atoms with Crippen LogP contribution < -0.4 is 10.1 Å². The summed E-state index contributed by atoms with van der Waals surface area (Å²) >= 11 is 0. The van der Waals surface area contributed by atoms with Crippen molar-refractivity contribution in [3.05, 3.63) is 66.2 Å². The molecule has 0 saturated carbocycles. The van der Waals surface area contributed by atoms with E-state index in [1.807, 2.05) is 81.4 Å². The van der Waals surface area contributed by atoms with Crippen molar-refractivity contribution in [2.75, 3.05) is 5.32 Å². The van der Waals surface area contributed by atoms with Gasteiger partial charge in [0.2, 0.25) is 5.88 Å². The Morgan fingerprint density at radius 2 is 1.79 bits per heavy atom. The third-order valence-corrected chi connectivity index (χ3v) is 4.31. The van der Waals surface area contributed by atoms with Gasteiger partial charge in [0.1, 0.15) is 17.9 Å². The van der Waals surface area contributed by atoms with E-state index in [1.54, 1.807) is 0 Å². The molecule has 2 aromatic heterocycles. The molecule has 0 radical (unpaired) electrons. The smallest absolute Gasteiger partial charge is 0.412 e. The minimum absolute atomic E-state index is 0.462. The highest BCUT2D eigenvalue weighted by Gasteiger charge is 2.16. The van der Waals surface area contributed by atoms with E-state index in [9.17, 15) is 4.79 Å². The molecular formula is C23H23N3O3. The van der Waals surface area contributed by atoms with Crippen LogP contribution in [-0.4, -0.2) is 21.7 Å². The largest absolute Gasteiger partial charge is 0.473 e. The monoisotopic (exact) mass is 389 g/mol. The number of carbonyl (C=O) groups excluding carboxylic acids is 1. The molecule has 4 aromatic rings. The van der Waals surface area contributed by atoms with E-state index < -0.39 is 11.7 Å². The van der Waals surface area contributed by atoms with Crippen molar-refractivity contribution in [3.8, 4) is 5.88 Å². The van der Waals surface area contributed by atoms with Crippen molar-refractivity contribution in [1.29, 1.82) is 0 Å². The summed E-state index contributed by atoms with van der Waals surface area (Å²) in [6, 6.07) is 19.5. The number of hydrogen-bond donors (Lipinski definition) is 2. The predicted octanol–water partition coefficient (Wildman–Crippen LogP) is 5.64. The molecule has 0 bridgehead atoms. The van der Waals surface area contributed by atoms with Gasteiger partial charge in [0.25, 0.3) is 0 Å². The topological polar surface area (TPSA) is 76.2 Å². The number of nitrogens with one attached hydrogen (secondary N) is 2. The van der Waals surface area contributed by atoms with E-state index in [4.69, 9.17) is 9.47 Å². The molecule has 2 aromatic carbocycles. The van der Waals surface area contributed by atoms with E-state index in [2.05, 4.69) is 15.3 Å². The second-order valence-corrected chi connectivity index (χ2v) is 7.83. The maximum Gasteiger partial charge on any atom is 0.412 e. The van der Waals surface area contributed by atoms with E-state index in [0.717, 1.165) is 27.5 Å². The van der Waals surface area contributed by atoms with Gasteiger partial charge in [0.05, 0.1) is 0 Å². The molecule has 2 heterocycles. The van der Waals surface area contributed by atoms with Gasteiger partial charge in [-0.05, 0) is 44.5 Å². The number of aromatic nitrogens is 2. The van der Waals surface area contributed by atoms with Crippen LogP contribution in [0.1, 0.15) is 26.3 Å². The molecule has 0 fully saturated rings. The number of carbonyl (C=O) groups is 1. The van der Waals surface area contributed by atoms with Gasteiger partial charge in [-0.25, -0.2) is 4.79 Å². The number of amides is 1. The van der Waals surface area contributed by atoms with Crippen molar-refractivity contribution in [2.24, 2.45) is 0 Å². The average molecular weight is 389 g/mol. The SMILES string of the molecule is CC(C)(C)OC(=O)Nc1ccc2c(c1)[nH]c1nc(OCc3ccccc3)ccc12. The molecule has 0 aliphatic carbocycles. The lowest BCUT2D eigenvalue weighted by molar-refractivity contribution is 0.0636. The fraction of sp³-hybridized carbons (Fsp3) is 0.217. The van der Waals surface area contributed by atoms with Gasteiger partial charge >= 0.3 is 6.09 Å². The average Bonchev–Trinajstić information content (AvgIpc) is 3.02. The number of ether oxygens (including phenoxy) is 2. The number of fused-ring (bicyclic) bond motifs is 3. The summed E-state index contributed by atoms with van der Waals surface area (Å²) in [5.41, 5.74) is 2.80. The number of rotatable bonds is 4. The van der Waals surface area contributed by atoms with Crippen molar-refractivity contribution in [2.45, 2.75) is 33.0 Å². The van der Waals surface area contributed by atoms with Crippen LogP contribution >= 0.6 is 0 Å². The quantitative estimate of drug-likeness (QED) is 0.473. The third kappa shape index (κ3) is 4.48. The Bertz CT molecular complexity index is 1160. The van der Waals surface area contributed by atoms with Crippen LogP contribution in [0.15, 0.2) is 60.7 Å². The Morgan fingerprint density at radius 1 is 1.03 bits per heavy atom. The minimum atomic E-state index is -0.546. The summed E-state index contributed by atoms with van der Waals surface area (Å²) in [5, 5.41) is 4.78. The number of hydrogen-bond acceptors (Lipinski definition) is 4. The summed E-state index contributed by atoms with van der Waals surface area (Å²) in [7, 11) is 0. The fourth-order valence-corrected chi connectivity index (χ4v) is 3.08. The highest BCUT2D eigenvalue weighted by Crippen LogP contribution is 2.28. The highest BCUT2D eigenvalue weighted by atomic mass is 16.6. The number of anilines is 1. The summed E-state index contributed by atoms with van der Waals surface area (Å²) in [6.45, 7) is 5.95. The van der Waals surface area contributed by atoms with Crippen LogP contribution in [0, 0.1) is 0 Å². The zero-order valence-electron chi connectivity index (χ0n) is 16.7. The first kappa shape index (κ1) is 18.8. The Labute approximate surface area is 168 Å². The zero-order chi connectivity index (χ0) is 20.4. The summed E-state index contributed by atoms with van der Waals surface area (Å²) in [5.74, 6) is 0.556. The maximum absolute atomic E-state index is 12.0. The van der Waals surface area contributed by atoms with Crippen LogP contribution in [0.4, 0.5) is 10.5 Å². The van der Waals surface area contributed by atoms with Crippen LogP contribution in [-0.2, 0) is 11.3 Å². The Balaban J connectivity index is 1.54. The first-order valence-electron chi connectivity index (χ1n) is 9.47. The minimum Gasteiger partial charge on any atom is -0.473 e. The van der Waals surface area contributed by atoms with Crippen molar-refractivity contribution < 1.29 is 14.3 Å². The number of aromatic amines is 1.